The topological polar surface area (TPSA) is 83.8 Å². The molecule has 1 aliphatic heterocycles. The maximum atomic E-state index is 12.2. The number of amides is 1. The highest BCUT2D eigenvalue weighted by atomic mass is 127. The van der Waals surface area contributed by atoms with Crippen LogP contribution >= 0.6 is 24.0 Å². The molecule has 3 rings (SSSR count). The Morgan fingerprint density at radius 1 is 1.36 bits per heavy atom. The molecule has 0 aromatic carbocycles. The summed E-state index contributed by atoms with van der Waals surface area (Å²) in [5.74, 6) is 0.942. The van der Waals surface area contributed by atoms with Crippen LogP contribution in [-0.4, -0.2) is 65.9 Å². The largest absolute Gasteiger partial charge is 0.370 e. The maximum Gasteiger partial charge on any atom is 0.221 e. The van der Waals surface area contributed by atoms with Gasteiger partial charge < -0.3 is 20.3 Å². The van der Waals surface area contributed by atoms with Gasteiger partial charge in [0, 0.05) is 51.4 Å². The molecule has 1 aromatic rings. The molecule has 1 aromatic heterocycles. The van der Waals surface area contributed by atoms with Gasteiger partial charge in [-0.2, -0.15) is 5.10 Å². The number of guanidine groups is 1. The summed E-state index contributed by atoms with van der Waals surface area (Å²) >= 11 is 0. The van der Waals surface area contributed by atoms with Crippen LogP contribution in [0.15, 0.2) is 17.4 Å². The number of hydrogen-bond donors (Lipinski definition) is 2. The maximum absolute atomic E-state index is 12.2. The standard InChI is InChI=1S/C19H32N6O2.HI/c1-20-19(21-9-8-18(26)23-16-6-4-3-5-7-16)25-10-11-27-17(14-25)15-12-22-24(2)13-15;/h12-13,16-17H,3-11,14H2,1-2H3,(H,20,21)(H,23,26);1H. The summed E-state index contributed by atoms with van der Waals surface area (Å²) < 4.78 is 7.67. The Balaban J connectivity index is 0.00000280. The molecule has 1 unspecified atom stereocenters. The number of halogens is 1. The minimum Gasteiger partial charge on any atom is -0.370 e. The predicted octanol–water partition coefficient (Wildman–Crippen LogP) is 1.83. The van der Waals surface area contributed by atoms with Crippen LogP contribution in [0.2, 0.25) is 0 Å². The number of nitrogens with one attached hydrogen (secondary N) is 2. The van der Waals surface area contributed by atoms with Crippen molar-refractivity contribution in [1.29, 1.82) is 0 Å². The number of nitrogens with zero attached hydrogens (tertiary/aromatic N) is 4. The van der Waals surface area contributed by atoms with Crippen LogP contribution in [0.25, 0.3) is 0 Å². The number of rotatable bonds is 5. The summed E-state index contributed by atoms with van der Waals surface area (Å²) in [6.07, 6.45) is 10.3. The Labute approximate surface area is 184 Å². The van der Waals surface area contributed by atoms with Crippen molar-refractivity contribution in [3.8, 4) is 0 Å². The number of aromatic nitrogens is 2. The van der Waals surface area contributed by atoms with Crippen molar-refractivity contribution < 1.29 is 9.53 Å². The minimum absolute atomic E-state index is 0. The van der Waals surface area contributed by atoms with E-state index in [-0.39, 0.29) is 36.0 Å². The third-order valence-electron chi connectivity index (χ3n) is 5.28. The summed E-state index contributed by atoms with van der Waals surface area (Å²) in [5.41, 5.74) is 1.07. The zero-order chi connectivity index (χ0) is 19.1. The van der Waals surface area contributed by atoms with E-state index in [4.69, 9.17) is 4.74 Å². The van der Waals surface area contributed by atoms with Gasteiger partial charge in [-0.05, 0) is 12.8 Å². The van der Waals surface area contributed by atoms with Gasteiger partial charge in [0.25, 0.3) is 0 Å². The third-order valence-corrected chi connectivity index (χ3v) is 5.28. The number of ether oxygens (including phenoxy) is 1. The van der Waals surface area contributed by atoms with Crippen molar-refractivity contribution in [2.24, 2.45) is 12.0 Å². The average Bonchev–Trinajstić information content (AvgIpc) is 3.12. The van der Waals surface area contributed by atoms with E-state index in [1.807, 2.05) is 19.4 Å². The fourth-order valence-corrected chi connectivity index (χ4v) is 3.82. The molecule has 0 spiro atoms. The Hall–Kier alpha value is -1.36. The molecule has 0 bridgehead atoms. The molecule has 1 saturated heterocycles. The molecule has 1 aliphatic carbocycles. The van der Waals surface area contributed by atoms with E-state index >= 15 is 0 Å². The van der Waals surface area contributed by atoms with Crippen LogP contribution < -0.4 is 10.6 Å². The van der Waals surface area contributed by atoms with Gasteiger partial charge in [0.15, 0.2) is 5.96 Å². The highest BCUT2D eigenvalue weighted by molar-refractivity contribution is 14.0. The van der Waals surface area contributed by atoms with E-state index < -0.39 is 0 Å². The van der Waals surface area contributed by atoms with Crippen LogP contribution in [0, 0.1) is 0 Å². The number of carbonyl (C=O) groups excluding carboxylic acids is 1. The molecule has 2 N–H and O–H groups in total. The van der Waals surface area contributed by atoms with Gasteiger partial charge in [-0.1, -0.05) is 19.3 Å². The summed E-state index contributed by atoms with van der Waals surface area (Å²) in [5, 5.41) is 10.7. The van der Waals surface area contributed by atoms with E-state index in [2.05, 4.69) is 25.6 Å². The number of hydrogen-bond acceptors (Lipinski definition) is 4. The molecule has 2 heterocycles. The molecule has 1 atom stereocenters. The van der Waals surface area contributed by atoms with Crippen LogP contribution in [0.5, 0.6) is 0 Å². The second-order valence-electron chi connectivity index (χ2n) is 7.38. The van der Waals surface area contributed by atoms with Gasteiger partial charge in [-0.3, -0.25) is 14.5 Å². The van der Waals surface area contributed by atoms with E-state index in [0.29, 0.717) is 25.6 Å². The van der Waals surface area contributed by atoms with Crippen LogP contribution in [0.1, 0.15) is 50.2 Å². The third kappa shape index (κ3) is 6.61. The van der Waals surface area contributed by atoms with Gasteiger partial charge >= 0.3 is 0 Å². The first-order chi connectivity index (χ1) is 13.2. The van der Waals surface area contributed by atoms with Gasteiger partial charge in [0.1, 0.15) is 6.10 Å². The Kier molecular flexibility index (Phi) is 9.49. The van der Waals surface area contributed by atoms with Crippen LogP contribution in [0.4, 0.5) is 0 Å². The first kappa shape index (κ1) is 22.9. The number of aliphatic imine (C=N–C) groups is 1. The van der Waals surface area contributed by atoms with E-state index in [1.165, 1.54) is 19.3 Å². The van der Waals surface area contributed by atoms with Crippen LogP contribution in [-0.2, 0) is 16.6 Å². The van der Waals surface area contributed by atoms with Crippen molar-refractivity contribution in [3.05, 3.63) is 18.0 Å². The lowest BCUT2D eigenvalue weighted by molar-refractivity contribution is -0.121. The lowest BCUT2D eigenvalue weighted by atomic mass is 9.95. The first-order valence-electron chi connectivity index (χ1n) is 10.0. The Morgan fingerprint density at radius 2 is 2.14 bits per heavy atom. The zero-order valence-electron chi connectivity index (χ0n) is 16.9. The molecule has 2 fully saturated rings. The fraction of sp³-hybridized carbons (Fsp3) is 0.737. The Bertz CT molecular complexity index is 644. The fourth-order valence-electron chi connectivity index (χ4n) is 3.82. The van der Waals surface area contributed by atoms with E-state index in [9.17, 15) is 4.79 Å². The minimum atomic E-state index is -0.0133. The van der Waals surface area contributed by atoms with E-state index in [0.717, 1.165) is 37.5 Å². The van der Waals surface area contributed by atoms with Crippen molar-refractivity contribution >= 4 is 35.8 Å². The van der Waals surface area contributed by atoms with Gasteiger partial charge in [-0.25, -0.2) is 0 Å². The SMILES string of the molecule is CN=C(NCCC(=O)NC1CCCCC1)N1CCOC(c2cnn(C)c2)C1.I. The molecule has 28 heavy (non-hydrogen) atoms. The molecule has 9 heteroatoms. The number of aryl methyl sites for hydroxylation is 1. The first-order valence-corrected chi connectivity index (χ1v) is 10.0. The molecule has 1 saturated carbocycles. The smallest absolute Gasteiger partial charge is 0.221 e. The van der Waals surface area contributed by atoms with Crippen molar-refractivity contribution in [1.82, 2.24) is 25.3 Å². The normalized spacial score (nSPS) is 21.1. The summed E-state index contributed by atoms with van der Waals surface area (Å²) in [7, 11) is 3.68. The second-order valence-corrected chi connectivity index (χ2v) is 7.38. The molecule has 0 radical (unpaired) electrons. The quantitative estimate of drug-likeness (QED) is 0.363. The molecular formula is C19H33IN6O2. The predicted molar refractivity (Wildman–Crippen MR) is 120 cm³/mol. The monoisotopic (exact) mass is 504 g/mol. The molecule has 1 amide bonds. The van der Waals surface area contributed by atoms with E-state index in [1.54, 1.807) is 11.7 Å². The lowest BCUT2D eigenvalue weighted by Gasteiger charge is -2.34. The molecular weight excluding hydrogens is 471 g/mol. The highest BCUT2D eigenvalue weighted by Gasteiger charge is 2.25. The number of morpholine rings is 1. The van der Waals surface area contributed by atoms with Crippen molar-refractivity contribution in [3.63, 3.8) is 0 Å². The van der Waals surface area contributed by atoms with Gasteiger partial charge in [0.2, 0.25) is 5.91 Å². The summed E-state index contributed by atoms with van der Waals surface area (Å²) in [6, 6.07) is 0.366. The molecule has 2 aliphatic rings. The van der Waals surface area contributed by atoms with Gasteiger partial charge in [-0.15, -0.1) is 24.0 Å². The van der Waals surface area contributed by atoms with Gasteiger partial charge in [0.05, 0.1) is 19.3 Å². The Morgan fingerprint density at radius 3 is 2.82 bits per heavy atom. The van der Waals surface area contributed by atoms with Crippen LogP contribution in [0.3, 0.4) is 0 Å². The molecule has 158 valence electrons. The average molecular weight is 504 g/mol. The highest BCUT2D eigenvalue weighted by Crippen LogP contribution is 2.21. The number of carbonyl (C=O) groups is 1. The lowest BCUT2D eigenvalue weighted by Crippen LogP contribution is -2.48. The zero-order valence-corrected chi connectivity index (χ0v) is 19.2. The van der Waals surface area contributed by atoms with Crippen molar-refractivity contribution in [2.75, 3.05) is 33.3 Å². The summed E-state index contributed by atoms with van der Waals surface area (Å²) in [4.78, 5) is 18.7. The molecule has 8 nitrogen and oxygen atoms in total. The summed E-state index contributed by atoms with van der Waals surface area (Å²) in [6.45, 7) is 2.73. The van der Waals surface area contributed by atoms with Crippen molar-refractivity contribution in [2.45, 2.75) is 50.7 Å². The second kappa shape index (κ2) is 11.6.